The summed E-state index contributed by atoms with van der Waals surface area (Å²) >= 11 is 6.03. The van der Waals surface area contributed by atoms with Crippen LogP contribution in [0.2, 0.25) is 5.02 Å². The van der Waals surface area contributed by atoms with Gasteiger partial charge < -0.3 is 9.57 Å². The van der Waals surface area contributed by atoms with E-state index in [-0.39, 0.29) is 12.4 Å². The molecule has 1 heterocycles. The minimum atomic E-state index is -0.524. The van der Waals surface area contributed by atoms with Crippen molar-refractivity contribution in [2.75, 3.05) is 0 Å². The zero-order valence-electron chi connectivity index (χ0n) is 12.8. The summed E-state index contributed by atoms with van der Waals surface area (Å²) in [7, 11) is 0. The highest BCUT2D eigenvalue weighted by Crippen LogP contribution is 2.27. The number of carbonyl (C=O) groups excluding carboxylic acids is 1. The first kappa shape index (κ1) is 16.2. The van der Waals surface area contributed by atoms with E-state index in [1.165, 1.54) is 12.1 Å². The van der Waals surface area contributed by atoms with Crippen molar-refractivity contribution in [1.29, 1.82) is 0 Å². The number of hydrogen-bond donors (Lipinski definition) is 0. The van der Waals surface area contributed by atoms with Gasteiger partial charge in [0.05, 0.1) is 11.3 Å². The van der Waals surface area contributed by atoms with Crippen molar-refractivity contribution in [1.82, 2.24) is 0 Å². The van der Waals surface area contributed by atoms with E-state index in [1.807, 2.05) is 0 Å². The third kappa shape index (κ3) is 3.63. The number of oxime groups is 1. The molecule has 2 aromatic rings. The Morgan fingerprint density at radius 2 is 2.12 bits per heavy atom. The summed E-state index contributed by atoms with van der Waals surface area (Å²) in [5, 5.41) is 4.13. The predicted molar refractivity (Wildman–Crippen MR) is 89.4 cm³/mol. The van der Waals surface area contributed by atoms with Gasteiger partial charge in [-0.1, -0.05) is 28.9 Å². The Balaban J connectivity index is 1.87. The summed E-state index contributed by atoms with van der Waals surface area (Å²) in [5.41, 5.74) is 2.13. The molecular formula is C18H13ClFNO3. The summed E-state index contributed by atoms with van der Waals surface area (Å²) in [4.78, 5) is 16.3. The molecule has 1 aliphatic heterocycles. The zero-order valence-corrected chi connectivity index (χ0v) is 13.5. The van der Waals surface area contributed by atoms with Crippen LogP contribution in [0.3, 0.4) is 0 Å². The molecule has 0 saturated carbocycles. The molecule has 0 spiro atoms. The maximum absolute atomic E-state index is 13.2. The second-order valence-electron chi connectivity index (χ2n) is 5.21. The molecule has 0 aliphatic carbocycles. The number of benzene rings is 2. The van der Waals surface area contributed by atoms with Crippen molar-refractivity contribution < 1.29 is 18.8 Å². The van der Waals surface area contributed by atoms with Crippen LogP contribution >= 0.6 is 11.6 Å². The fraction of sp³-hybridized carbons (Fsp3) is 0.111. The predicted octanol–water partition coefficient (Wildman–Crippen LogP) is 4.37. The average Bonchev–Trinajstić information content (AvgIpc) is 2.86. The number of halogens is 2. The van der Waals surface area contributed by atoms with Crippen molar-refractivity contribution in [3.05, 3.63) is 70.0 Å². The van der Waals surface area contributed by atoms with Crippen LogP contribution in [0.1, 0.15) is 18.1 Å². The minimum Gasteiger partial charge on any atom is -0.488 e. The van der Waals surface area contributed by atoms with Crippen LogP contribution < -0.4 is 4.74 Å². The average molecular weight is 346 g/mol. The molecular weight excluding hydrogens is 333 g/mol. The van der Waals surface area contributed by atoms with Gasteiger partial charge in [0, 0.05) is 10.6 Å². The van der Waals surface area contributed by atoms with E-state index in [4.69, 9.17) is 16.3 Å². The summed E-state index contributed by atoms with van der Waals surface area (Å²) in [6.07, 6.45) is 1.61. The monoisotopic (exact) mass is 345 g/mol. The molecule has 1 aliphatic rings. The highest BCUT2D eigenvalue weighted by atomic mass is 35.5. The van der Waals surface area contributed by atoms with Crippen molar-refractivity contribution in [3.63, 3.8) is 0 Å². The lowest BCUT2D eigenvalue weighted by molar-refractivity contribution is -0.136. The van der Waals surface area contributed by atoms with E-state index in [9.17, 15) is 9.18 Å². The van der Waals surface area contributed by atoms with E-state index < -0.39 is 5.97 Å². The number of carbonyl (C=O) groups is 1. The Hall–Kier alpha value is -2.66. The van der Waals surface area contributed by atoms with Crippen molar-refractivity contribution >= 4 is 29.4 Å². The van der Waals surface area contributed by atoms with Crippen LogP contribution in [0.25, 0.3) is 6.08 Å². The summed E-state index contributed by atoms with van der Waals surface area (Å²) < 4.78 is 19.0. The maximum atomic E-state index is 13.2. The fourth-order valence-electron chi connectivity index (χ4n) is 2.23. The van der Waals surface area contributed by atoms with Gasteiger partial charge in [0.25, 0.3) is 0 Å². The lowest BCUT2D eigenvalue weighted by atomic mass is 10.1. The lowest BCUT2D eigenvalue weighted by Crippen LogP contribution is -2.03. The molecule has 122 valence electrons. The Bertz CT molecular complexity index is 861. The first-order valence-corrected chi connectivity index (χ1v) is 7.55. The number of rotatable bonds is 4. The molecule has 0 saturated heterocycles. The van der Waals surface area contributed by atoms with E-state index in [1.54, 1.807) is 43.3 Å². The first-order chi connectivity index (χ1) is 11.5. The van der Waals surface area contributed by atoms with Gasteiger partial charge in [-0.2, -0.15) is 0 Å². The maximum Gasteiger partial charge on any atom is 0.367 e. The summed E-state index contributed by atoms with van der Waals surface area (Å²) in [5.74, 6) is -0.331. The minimum absolute atomic E-state index is 0.188. The molecule has 2 aromatic carbocycles. The van der Waals surface area contributed by atoms with Crippen LogP contribution in [0.4, 0.5) is 4.39 Å². The van der Waals surface area contributed by atoms with E-state index in [0.29, 0.717) is 33.2 Å². The van der Waals surface area contributed by atoms with Gasteiger partial charge in [0.15, 0.2) is 0 Å². The molecule has 3 rings (SSSR count). The second kappa shape index (κ2) is 6.84. The molecule has 4 nitrogen and oxygen atoms in total. The second-order valence-corrected chi connectivity index (χ2v) is 5.65. The standard InChI is InChI=1S/C18H13ClFNO3/c1-11-16(18(22)24-21-11)9-13-8-14(19)5-6-17(13)23-10-12-3-2-4-15(20)7-12/h2-9H,10H2,1H3/b16-9+. The van der Waals surface area contributed by atoms with E-state index >= 15 is 0 Å². The highest BCUT2D eigenvalue weighted by Gasteiger charge is 2.22. The third-order valence-corrected chi connectivity index (χ3v) is 3.67. The topological polar surface area (TPSA) is 47.9 Å². The van der Waals surface area contributed by atoms with Gasteiger partial charge in [-0.05, 0) is 48.9 Å². The molecule has 6 heteroatoms. The molecule has 0 fully saturated rings. The fourth-order valence-corrected chi connectivity index (χ4v) is 2.41. The first-order valence-electron chi connectivity index (χ1n) is 7.18. The molecule has 0 bridgehead atoms. The Morgan fingerprint density at radius 1 is 1.29 bits per heavy atom. The molecule has 24 heavy (non-hydrogen) atoms. The summed E-state index contributed by atoms with van der Waals surface area (Å²) in [6, 6.07) is 11.2. The van der Waals surface area contributed by atoms with Crippen LogP contribution in [0.5, 0.6) is 5.75 Å². The van der Waals surface area contributed by atoms with Crippen molar-refractivity contribution in [3.8, 4) is 5.75 Å². The van der Waals surface area contributed by atoms with E-state index in [2.05, 4.69) is 9.99 Å². The SMILES string of the molecule is CC1=NOC(=O)/C1=C/c1cc(Cl)ccc1OCc1cccc(F)c1. The van der Waals surface area contributed by atoms with Crippen molar-refractivity contribution in [2.45, 2.75) is 13.5 Å². The van der Waals surface area contributed by atoms with Gasteiger partial charge >= 0.3 is 5.97 Å². The smallest absolute Gasteiger partial charge is 0.367 e. The highest BCUT2D eigenvalue weighted by molar-refractivity contribution is 6.31. The van der Waals surface area contributed by atoms with Crippen LogP contribution in [-0.4, -0.2) is 11.7 Å². The van der Waals surface area contributed by atoms with Crippen LogP contribution in [-0.2, 0) is 16.2 Å². The number of nitrogens with zero attached hydrogens (tertiary/aromatic N) is 1. The quantitative estimate of drug-likeness (QED) is 0.610. The van der Waals surface area contributed by atoms with Crippen LogP contribution in [0.15, 0.2) is 53.2 Å². The molecule has 0 atom stereocenters. The Kier molecular flexibility index (Phi) is 4.62. The molecule has 0 aromatic heterocycles. The van der Waals surface area contributed by atoms with Gasteiger partial charge in [0.1, 0.15) is 18.2 Å². The number of hydrogen-bond acceptors (Lipinski definition) is 4. The summed E-state index contributed by atoms with van der Waals surface area (Å²) in [6.45, 7) is 1.86. The lowest BCUT2D eigenvalue weighted by Gasteiger charge is -2.10. The molecule has 0 unspecified atom stereocenters. The van der Waals surface area contributed by atoms with Gasteiger partial charge in [0.2, 0.25) is 0 Å². The largest absolute Gasteiger partial charge is 0.488 e. The molecule has 0 radical (unpaired) electrons. The van der Waals surface area contributed by atoms with Gasteiger partial charge in [-0.15, -0.1) is 0 Å². The van der Waals surface area contributed by atoms with Crippen LogP contribution in [0, 0.1) is 5.82 Å². The normalized spacial score (nSPS) is 15.4. The third-order valence-electron chi connectivity index (χ3n) is 3.43. The zero-order chi connectivity index (χ0) is 17.1. The van der Waals surface area contributed by atoms with Gasteiger partial charge in [-0.25, -0.2) is 9.18 Å². The Labute approximate surface area is 143 Å². The number of ether oxygens (including phenoxy) is 1. The van der Waals surface area contributed by atoms with E-state index in [0.717, 1.165) is 0 Å². The van der Waals surface area contributed by atoms with Crippen molar-refractivity contribution in [2.24, 2.45) is 5.16 Å². The van der Waals surface area contributed by atoms with Gasteiger partial charge in [-0.3, -0.25) is 0 Å². The molecule has 0 N–H and O–H groups in total. The Morgan fingerprint density at radius 3 is 2.83 bits per heavy atom. The molecule has 0 amide bonds.